The van der Waals surface area contributed by atoms with Gasteiger partial charge in [-0.15, -0.1) is 5.10 Å². The third kappa shape index (κ3) is 2.37. The second-order valence-electron chi connectivity index (χ2n) is 4.19. The van der Waals surface area contributed by atoms with Gasteiger partial charge in [0.15, 0.2) is 0 Å². The van der Waals surface area contributed by atoms with Crippen molar-refractivity contribution < 1.29 is 4.92 Å². The highest BCUT2D eigenvalue weighted by atomic mass is 16.6. The Bertz CT molecular complexity index is 537. The molecule has 0 amide bonds. The van der Waals surface area contributed by atoms with Crippen molar-refractivity contribution >= 4 is 17.2 Å². The highest BCUT2D eigenvalue weighted by Crippen LogP contribution is 2.23. The zero-order chi connectivity index (χ0) is 13.1. The summed E-state index contributed by atoms with van der Waals surface area (Å²) in [6.07, 6.45) is 1.52. The van der Waals surface area contributed by atoms with E-state index in [2.05, 4.69) is 10.2 Å². The molecule has 0 saturated heterocycles. The second kappa shape index (κ2) is 4.95. The monoisotopic (exact) mass is 246 g/mol. The van der Waals surface area contributed by atoms with Crippen LogP contribution in [0, 0.1) is 16.0 Å². The van der Waals surface area contributed by atoms with Gasteiger partial charge >= 0.3 is 0 Å². The summed E-state index contributed by atoms with van der Waals surface area (Å²) in [6.45, 7) is 2.04. The molecule has 1 aliphatic rings. The van der Waals surface area contributed by atoms with E-state index in [9.17, 15) is 10.1 Å². The maximum absolute atomic E-state index is 10.8. The summed E-state index contributed by atoms with van der Waals surface area (Å²) in [5.41, 5.74) is 7.23. The molecule has 1 atom stereocenters. The molecule has 2 rings (SSSR count). The van der Waals surface area contributed by atoms with Crippen molar-refractivity contribution in [3.63, 3.8) is 0 Å². The van der Waals surface area contributed by atoms with Gasteiger partial charge in [-0.3, -0.25) is 10.1 Å². The fourth-order valence-electron chi connectivity index (χ4n) is 2.00. The highest BCUT2D eigenvalue weighted by molar-refractivity contribution is 6.06. The lowest BCUT2D eigenvalue weighted by molar-refractivity contribution is -0.384. The minimum absolute atomic E-state index is 0.0626. The number of benzene rings is 1. The largest absolute Gasteiger partial charge is 0.386 e. The van der Waals surface area contributed by atoms with Gasteiger partial charge < -0.3 is 5.73 Å². The van der Waals surface area contributed by atoms with Crippen molar-refractivity contribution in [2.24, 2.45) is 21.9 Å². The molecule has 1 aromatic rings. The van der Waals surface area contributed by atoms with Crippen molar-refractivity contribution in [1.82, 2.24) is 0 Å². The van der Waals surface area contributed by atoms with Gasteiger partial charge in [-0.25, -0.2) is 0 Å². The third-order valence-electron chi connectivity index (χ3n) is 2.97. The van der Waals surface area contributed by atoms with Crippen LogP contribution in [-0.4, -0.2) is 16.5 Å². The molecule has 0 bridgehead atoms. The van der Waals surface area contributed by atoms with Crippen LogP contribution in [0.5, 0.6) is 0 Å². The molecule has 1 heterocycles. The van der Waals surface area contributed by atoms with E-state index in [4.69, 9.17) is 5.73 Å². The minimum atomic E-state index is -0.411. The lowest BCUT2D eigenvalue weighted by Crippen LogP contribution is -2.26. The highest BCUT2D eigenvalue weighted by Gasteiger charge is 2.22. The number of hydrogen-bond donors (Lipinski definition) is 1. The van der Waals surface area contributed by atoms with Crippen molar-refractivity contribution in [3.8, 4) is 0 Å². The van der Waals surface area contributed by atoms with Crippen LogP contribution in [0.4, 0.5) is 5.69 Å². The molecule has 0 radical (unpaired) electrons. The number of amidine groups is 1. The Morgan fingerprint density at radius 2 is 2.28 bits per heavy atom. The summed E-state index contributed by atoms with van der Waals surface area (Å²) < 4.78 is 0. The lowest BCUT2D eigenvalue weighted by Gasteiger charge is -2.19. The quantitative estimate of drug-likeness (QED) is 0.653. The molecule has 1 aliphatic heterocycles. The van der Waals surface area contributed by atoms with Gasteiger partial charge in [0.2, 0.25) is 0 Å². The number of non-ortho nitro benzene ring substituents is 1. The molecule has 0 saturated carbocycles. The average molecular weight is 246 g/mol. The van der Waals surface area contributed by atoms with Gasteiger partial charge in [-0.05, 0) is 6.42 Å². The third-order valence-corrected chi connectivity index (χ3v) is 2.97. The summed E-state index contributed by atoms with van der Waals surface area (Å²) >= 11 is 0. The average Bonchev–Trinajstić information content (AvgIpc) is 2.38. The predicted octanol–water partition coefficient (Wildman–Crippen LogP) is 2.09. The van der Waals surface area contributed by atoms with Crippen LogP contribution in [0.25, 0.3) is 0 Å². The molecule has 1 unspecified atom stereocenters. The van der Waals surface area contributed by atoms with E-state index in [-0.39, 0.29) is 11.6 Å². The SMILES string of the molecule is CCC1CC(N)=NN=C1c1cccc([N+](=O)[O-])c1. The molecule has 94 valence electrons. The molecule has 1 aromatic carbocycles. The number of nitro groups is 1. The normalized spacial score (nSPS) is 19.1. The molecule has 6 heteroatoms. The van der Waals surface area contributed by atoms with Crippen molar-refractivity contribution in [2.75, 3.05) is 0 Å². The van der Waals surface area contributed by atoms with Crippen LogP contribution in [0.3, 0.4) is 0 Å². The Kier molecular flexibility index (Phi) is 3.36. The molecule has 0 spiro atoms. The molecular formula is C12H14N4O2. The first-order valence-electron chi connectivity index (χ1n) is 5.76. The second-order valence-corrected chi connectivity index (χ2v) is 4.19. The van der Waals surface area contributed by atoms with E-state index < -0.39 is 4.92 Å². The van der Waals surface area contributed by atoms with Crippen molar-refractivity contribution in [2.45, 2.75) is 19.8 Å². The number of nitrogens with two attached hydrogens (primary N) is 1. The minimum Gasteiger partial charge on any atom is -0.386 e. The van der Waals surface area contributed by atoms with Gasteiger partial charge in [0.25, 0.3) is 5.69 Å². The van der Waals surface area contributed by atoms with Crippen LogP contribution in [0.1, 0.15) is 25.3 Å². The summed E-state index contributed by atoms with van der Waals surface area (Å²) in [5.74, 6) is 0.681. The Hall–Kier alpha value is -2.24. The van der Waals surface area contributed by atoms with E-state index in [1.54, 1.807) is 6.07 Å². The van der Waals surface area contributed by atoms with Gasteiger partial charge in [-0.2, -0.15) is 5.10 Å². The molecular weight excluding hydrogens is 232 g/mol. The van der Waals surface area contributed by atoms with Gasteiger partial charge in [0, 0.05) is 30.0 Å². The number of nitrogens with zero attached hydrogens (tertiary/aromatic N) is 3. The Balaban J connectivity index is 2.41. The van der Waals surface area contributed by atoms with Crippen LogP contribution in [0.2, 0.25) is 0 Å². The first-order valence-corrected chi connectivity index (χ1v) is 5.76. The lowest BCUT2D eigenvalue weighted by atomic mass is 9.90. The summed E-state index contributed by atoms with van der Waals surface area (Å²) in [7, 11) is 0. The molecule has 6 nitrogen and oxygen atoms in total. The van der Waals surface area contributed by atoms with Crippen LogP contribution >= 0.6 is 0 Å². The number of rotatable bonds is 3. The van der Waals surface area contributed by atoms with E-state index >= 15 is 0 Å². The number of hydrogen-bond acceptors (Lipinski definition) is 5. The van der Waals surface area contributed by atoms with Crippen LogP contribution in [-0.2, 0) is 0 Å². The molecule has 0 fully saturated rings. The Morgan fingerprint density at radius 3 is 2.94 bits per heavy atom. The fraction of sp³-hybridized carbons (Fsp3) is 0.333. The maximum atomic E-state index is 10.8. The van der Waals surface area contributed by atoms with Gasteiger partial charge in [0.05, 0.1) is 10.6 Å². The van der Waals surface area contributed by atoms with E-state index in [0.29, 0.717) is 12.3 Å². The van der Waals surface area contributed by atoms with Crippen molar-refractivity contribution in [3.05, 3.63) is 39.9 Å². The Morgan fingerprint density at radius 1 is 1.50 bits per heavy atom. The standard InChI is InChI=1S/C12H14N4O2/c1-2-8-7-11(13)14-15-12(8)9-4-3-5-10(6-9)16(17)18/h3-6,8H,2,7H2,1H3,(H2,13,14). The smallest absolute Gasteiger partial charge is 0.270 e. The molecule has 0 aromatic heterocycles. The molecule has 2 N–H and O–H groups in total. The first kappa shape index (κ1) is 12.2. The summed E-state index contributed by atoms with van der Waals surface area (Å²) in [6, 6.07) is 6.46. The van der Waals surface area contributed by atoms with E-state index in [0.717, 1.165) is 17.7 Å². The van der Waals surface area contributed by atoms with Crippen LogP contribution in [0.15, 0.2) is 34.5 Å². The van der Waals surface area contributed by atoms with E-state index in [1.165, 1.54) is 12.1 Å². The summed E-state index contributed by atoms with van der Waals surface area (Å²) in [5, 5.41) is 18.7. The molecule has 18 heavy (non-hydrogen) atoms. The maximum Gasteiger partial charge on any atom is 0.270 e. The molecule has 0 aliphatic carbocycles. The topological polar surface area (TPSA) is 93.9 Å². The Labute approximate surface area is 104 Å². The predicted molar refractivity (Wildman–Crippen MR) is 69.7 cm³/mol. The zero-order valence-electron chi connectivity index (χ0n) is 10.0. The number of nitro benzene ring substituents is 1. The summed E-state index contributed by atoms with van der Waals surface area (Å²) in [4.78, 5) is 10.3. The van der Waals surface area contributed by atoms with Gasteiger partial charge in [-0.1, -0.05) is 19.1 Å². The fourth-order valence-corrected chi connectivity index (χ4v) is 2.00. The first-order chi connectivity index (χ1) is 8.61. The van der Waals surface area contributed by atoms with Crippen molar-refractivity contribution in [1.29, 1.82) is 0 Å². The van der Waals surface area contributed by atoms with Crippen LogP contribution < -0.4 is 5.73 Å². The van der Waals surface area contributed by atoms with Gasteiger partial charge in [0.1, 0.15) is 5.84 Å². The zero-order valence-corrected chi connectivity index (χ0v) is 10.0. The van der Waals surface area contributed by atoms with E-state index in [1.807, 2.05) is 13.0 Å².